The van der Waals surface area contributed by atoms with E-state index in [2.05, 4.69) is 53.4 Å². The lowest BCUT2D eigenvalue weighted by Gasteiger charge is -2.37. The average molecular weight is 481 g/mol. The molecule has 0 saturated carbocycles. The molecule has 5 nitrogen and oxygen atoms in total. The standard InChI is InChI=1S/C26H25ClN2O3S/c1-16-6-8-17(9-7-16)26-21-5-3-4-20(21)22-15-19(11-12-23(22)28-26)33(30,31)29-24-14-18(27)10-13-25(24)32-2/h3-4,6-15,20-21,26,28-29H,5H2,1-2H3/t20-,21+,26+/m0/s1. The molecule has 0 amide bonds. The fraction of sp³-hybridized carbons (Fsp3) is 0.231. The van der Waals surface area contributed by atoms with Gasteiger partial charge in [0.2, 0.25) is 0 Å². The predicted octanol–water partition coefficient (Wildman–Crippen LogP) is 6.28. The van der Waals surface area contributed by atoms with Crippen LogP contribution in [0, 0.1) is 12.8 Å². The molecular weight excluding hydrogens is 456 g/mol. The highest BCUT2D eigenvalue weighted by Gasteiger charge is 2.38. The van der Waals surface area contributed by atoms with Crippen molar-refractivity contribution in [2.45, 2.75) is 30.2 Å². The molecule has 1 aliphatic heterocycles. The molecule has 2 aliphatic rings. The summed E-state index contributed by atoms with van der Waals surface area (Å²) in [4.78, 5) is 0.206. The van der Waals surface area contributed by atoms with Crippen molar-refractivity contribution in [1.29, 1.82) is 0 Å². The molecule has 2 N–H and O–H groups in total. The van der Waals surface area contributed by atoms with Crippen molar-refractivity contribution in [2.24, 2.45) is 5.92 Å². The van der Waals surface area contributed by atoms with E-state index in [0.717, 1.165) is 17.7 Å². The van der Waals surface area contributed by atoms with Gasteiger partial charge in [0.1, 0.15) is 5.75 Å². The van der Waals surface area contributed by atoms with Gasteiger partial charge in [-0.3, -0.25) is 4.72 Å². The lowest BCUT2D eigenvalue weighted by Crippen LogP contribution is -2.29. The van der Waals surface area contributed by atoms with Gasteiger partial charge >= 0.3 is 0 Å². The van der Waals surface area contributed by atoms with Gasteiger partial charge in [-0.2, -0.15) is 0 Å². The van der Waals surface area contributed by atoms with E-state index in [-0.39, 0.29) is 16.9 Å². The van der Waals surface area contributed by atoms with Crippen molar-refractivity contribution in [3.63, 3.8) is 0 Å². The quantitative estimate of drug-likeness (QED) is 0.421. The molecule has 33 heavy (non-hydrogen) atoms. The Bertz CT molecular complexity index is 1340. The third-order valence-electron chi connectivity index (χ3n) is 6.49. The first-order chi connectivity index (χ1) is 15.9. The van der Waals surface area contributed by atoms with Gasteiger partial charge in [0.05, 0.1) is 23.7 Å². The lowest BCUT2D eigenvalue weighted by molar-refractivity contribution is 0.417. The summed E-state index contributed by atoms with van der Waals surface area (Å²) < 4.78 is 34.4. The van der Waals surface area contributed by atoms with Crippen LogP contribution in [0.3, 0.4) is 0 Å². The van der Waals surface area contributed by atoms with Crippen molar-refractivity contribution in [3.8, 4) is 5.75 Å². The third-order valence-corrected chi connectivity index (χ3v) is 8.09. The Balaban J connectivity index is 1.49. The van der Waals surface area contributed by atoms with Crippen LogP contribution in [0.15, 0.2) is 77.7 Å². The van der Waals surface area contributed by atoms with Crippen molar-refractivity contribution < 1.29 is 13.2 Å². The molecular formula is C26H25ClN2O3S. The minimum Gasteiger partial charge on any atom is -0.495 e. The SMILES string of the molecule is COc1ccc(Cl)cc1NS(=O)(=O)c1ccc2c(c1)[C@H]1C=CC[C@H]1[C@@H](c1ccc(C)cc1)N2. The zero-order valence-corrected chi connectivity index (χ0v) is 20.0. The summed E-state index contributed by atoms with van der Waals surface area (Å²) in [6.07, 6.45) is 5.35. The molecule has 5 rings (SSSR count). The second kappa shape index (κ2) is 8.43. The number of benzene rings is 3. The van der Waals surface area contributed by atoms with Gasteiger partial charge in [-0.15, -0.1) is 0 Å². The number of aryl methyl sites for hydroxylation is 1. The molecule has 3 aromatic rings. The van der Waals surface area contributed by atoms with Crippen LogP contribution in [0.1, 0.15) is 35.1 Å². The number of hydrogen-bond donors (Lipinski definition) is 2. The summed E-state index contributed by atoms with van der Waals surface area (Å²) in [5, 5.41) is 4.09. The first-order valence-electron chi connectivity index (χ1n) is 10.9. The van der Waals surface area contributed by atoms with Gasteiger partial charge in [-0.1, -0.05) is 53.6 Å². The van der Waals surface area contributed by atoms with Crippen LogP contribution >= 0.6 is 11.6 Å². The Kier molecular flexibility index (Phi) is 5.59. The predicted molar refractivity (Wildman–Crippen MR) is 133 cm³/mol. The van der Waals surface area contributed by atoms with Crippen molar-refractivity contribution >= 4 is 33.0 Å². The molecule has 0 spiro atoms. The molecule has 0 saturated heterocycles. The molecule has 0 bridgehead atoms. The Morgan fingerprint density at radius 2 is 1.85 bits per heavy atom. The minimum atomic E-state index is -3.84. The first-order valence-corrected chi connectivity index (χ1v) is 12.7. The molecule has 170 valence electrons. The second-order valence-corrected chi connectivity index (χ2v) is 10.7. The van der Waals surface area contributed by atoms with E-state index in [1.807, 2.05) is 6.07 Å². The molecule has 3 atom stereocenters. The van der Waals surface area contributed by atoms with E-state index in [1.54, 1.807) is 30.3 Å². The Morgan fingerprint density at radius 3 is 2.61 bits per heavy atom. The summed E-state index contributed by atoms with van der Waals surface area (Å²) in [7, 11) is -2.35. The fourth-order valence-corrected chi connectivity index (χ4v) is 6.08. The Morgan fingerprint density at radius 1 is 1.06 bits per heavy atom. The van der Waals surface area contributed by atoms with E-state index < -0.39 is 10.0 Å². The summed E-state index contributed by atoms with van der Waals surface area (Å²) in [5.74, 6) is 0.893. The summed E-state index contributed by atoms with van der Waals surface area (Å²) in [6, 6.07) is 18.9. The molecule has 1 heterocycles. The van der Waals surface area contributed by atoms with E-state index >= 15 is 0 Å². The number of nitrogens with one attached hydrogen (secondary N) is 2. The maximum atomic E-state index is 13.2. The normalized spacial score (nSPS) is 21.1. The Hall–Kier alpha value is -2.96. The van der Waals surface area contributed by atoms with Crippen molar-refractivity contribution in [2.75, 3.05) is 17.1 Å². The highest BCUT2D eigenvalue weighted by Crippen LogP contribution is 2.50. The van der Waals surface area contributed by atoms with Crippen molar-refractivity contribution in [3.05, 3.63) is 94.5 Å². The van der Waals surface area contributed by atoms with Crippen LogP contribution in [-0.2, 0) is 10.0 Å². The van der Waals surface area contributed by atoms with Crippen LogP contribution in [-0.4, -0.2) is 15.5 Å². The van der Waals surface area contributed by atoms with Crippen LogP contribution in [0.4, 0.5) is 11.4 Å². The van der Waals surface area contributed by atoms with Gasteiger partial charge in [-0.05, 0) is 66.8 Å². The number of allylic oxidation sites excluding steroid dienone is 2. The van der Waals surface area contributed by atoms with Crippen LogP contribution < -0.4 is 14.8 Å². The van der Waals surface area contributed by atoms with Gasteiger partial charge in [-0.25, -0.2) is 8.42 Å². The molecule has 0 aromatic heterocycles. The van der Waals surface area contributed by atoms with E-state index in [0.29, 0.717) is 22.4 Å². The maximum Gasteiger partial charge on any atom is 0.262 e. The number of ether oxygens (including phenoxy) is 1. The maximum absolute atomic E-state index is 13.2. The fourth-order valence-electron chi connectivity index (χ4n) is 4.81. The molecule has 1 aliphatic carbocycles. The Labute approximate surface area is 199 Å². The summed E-state index contributed by atoms with van der Waals surface area (Å²) in [5.41, 5.74) is 4.75. The lowest BCUT2D eigenvalue weighted by atomic mass is 9.77. The molecule has 7 heteroatoms. The number of fused-ring (bicyclic) bond motifs is 3. The number of halogens is 1. The number of rotatable bonds is 5. The molecule has 0 unspecified atom stereocenters. The highest BCUT2D eigenvalue weighted by molar-refractivity contribution is 7.92. The van der Waals surface area contributed by atoms with Crippen molar-refractivity contribution in [1.82, 2.24) is 0 Å². The highest BCUT2D eigenvalue weighted by atomic mass is 35.5. The molecule has 0 fully saturated rings. The first kappa shape index (κ1) is 21.9. The monoisotopic (exact) mass is 480 g/mol. The smallest absolute Gasteiger partial charge is 0.262 e. The molecule has 3 aromatic carbocycles. The topological polar surface area (TPSA) is 67.4 Å². The van der Waals surface area contributed by atoms with Gasteiger partial charge in [0, 0.05) is 16.6 Å². The minimum absolute atomic E-state index is 0.156. The van der Waals surface area contributed by atoms with E-state index in [9.17, 15) is 8.42 Å². The second-order valence-electron chi connectivity index (χ2n) is 8.59. The zero-order chi connectivity index (χ0) is 23.2. The number of hydrogen-bond acceptors (Lipinski definition) is 4. The van der Waals surface area contributed by atoms with Crippen LogP contribution in [0.2, 0.25) is 5.02 Å². The number of methoxy groups -OCH3 is 1. The summed E-state index contributed by atoms with van der Waals surface area (Å²) in [6.45, 7) is 2.09. The van der Waals surface area contributed by atoms with Crippen LogP contribution in [0.5, 0.6) is 5.75 Å². The third kappa shape index (κ3) is 4.09. The van der Waals surface area contributed by atoms with Gasteiger partial charge in [0.25, 0.3) is 10.0 Å². The number of anilines is 2. The van der Waals surface area contributed by atoms with Crippen LogP contribution in [0.25, 0.3) is 0 Å². The van der Waals surface area contributed by atoms with E-state index in [1.165, 1.54) is 18.2 Å². The number of sulfonamides is 1. The zero-order valence-electron chi connectivity index (χ0n) is 18.4. The summed E-state index contributed by atoms with van der Waals surface area (Å²) >= 11 is 6.07. The average Bonchev–Trinajstić information content (AvgIpc) is 3.29. The van der Waals surface area contributed by atoms with Gasteiger partial charge < -0.3 is 10.1 Å². The largest absolute Gasteiger partial charge is 0.495 e. The van der Waals surface area contributed by atoms with E-state index in [4.69, 9.17) is 16.3 Å². The molecule has 0 radical (unpaired) electrons. The van der Waals surface area contributed by atoms with Gasteiger partial charge in [0.15, 0.2) is 0 Å².